The molecular weight excluding hydrogens is 174 g/mol. The lowest BCUT2D eigenvalue weighted by Gasteiger charge is -2.07. The topological polar surface area (TPSA) is 76.6 Å². The summed E-state index contributed by atoms with van der Waals surface area (Å²) in [5.74, 6) is 0. The van der Waals surface area contributed by atoms with Crippen molar-refractivity contribution in [1.82, 2.24) is 6.15 Å². The fourth-order valence-corrected chi connectivity index (χ4v) is 1.33. The Morgan fingerprint density at radius 2 is 2.00 bits per heavy atom. The fraction of sp³-hybridized carbons (Fsp3) is 0. The maximum atomic E-state index is 10.5. The number of hydrogen-bond donors (Lipinski definition) is 1. The largest absolute Gasteiger partial charge is 0.768 e. The van der Waals surface area contributed by atoms with Crippen molar-refractivity contribution in [2.75, 3.05) is 0 Å². The Kier molecular flexibility index (Phi) is 4.43. The summed E-state index contributed by atoms with van der Waals surface area (Å²) in [6.45, 7) is 3.50. The van der Waals surface area contributed by atoms with Gasteiger partial charge in [0, 0.05) is 4.90 Å². The number of quaternary nitrogens is 1. The zero-order valence-corrected chi connectivity index (χ0v) is 7.64. The molecule has 4 N–H and O–H groups in total. The van der Waals surface area contributed by atoms with Crippen molar-refractivity contribution in [3.8, 4) is 0 Å². The van der Waals surface area contributed by atoms with Crippen molar-refractivity contribution in [3.05, 3.63) is 36.4 Å². The van der Waals surface area contributed by atoms with E-state index >= 15 is 0 Å². The van der Waals surface area contributed by atoms with Gasteiger partial charge in [-0.1, -0.05) is 30.9 Å². The molecule has 0 spiro atoms. The van der Waals surface area contributed by atoms with Gasteiger partial charge in [-0.05, 0) is 22.7 Å². The molecule has 0 heterocycles. The first kappa shape index (κ1) is 11.0. The predicted octanol–water partition coefficient (Wildman–Crippen LogP) is 1.94. The van der Waals surface area contributed by atoms with Crippen LogP contribution in [0.2, 0.25) is 0 Å². The van der Waals surface area contributed by atoms with Crippen LogP contribution in [-0.4, -0.2) is 8.76 Å². The second-order valence-electron chi connectivity index (χ2n) is 1.98. The highest BCUT2D eigenvalue weighted by molar-refractivity contribution is 7.79. The van der Waals surface area contributed by atoms with Gasteiger partial charge in [-0.3, -0.25) is 4.21 Å². The highest BCUT2D eigenvalue weighted by Crippen LogP contribution is 2.12. The minimum absolute atomic E-state index is 0. The van der Waals surface area contributed by atoms with E-state index in [1.165, 1.54) is 6.08 Å². The van der Waals surface area contributed by atoms with Crippen LogP contribution in [0.1, 0.15) is 5.56 Å². The molecule has 0 fully saturated rings. The van der Waals surface area contributed by atoms with Gasteiger partial charge in [0.1, 0.15) is 0 Å². The van der Waals surface area contributed by atoms with E-state index in [2.05, 4.69) is 6.58 Å². The van der Waals surface area contributed by atoms with E-state index in [4.69, 9.17) is 0 Å². The molecule has 3 nitrogen and oxygen atoms in total. The van der Waals surface area contributed by atoms with Crippen LogP contribution in [0, 0.1) is 0 Å². The Hall–Kier alpha value is -0.970. The molecule has 0 amide bonds. The molecule has 0 aliphatic carbocycles. The minimum atomic E-state index is -2.16. The van der Waals surface area contributed by atoms with Crippen LogP contribution < -0.4 is 6.15 Å². The van der Waals surface area contributed by atoms with Gasteiger partial charge in [-0.15, -0.1) is 0 Å². The van der Waals surface area contributed by atoms with E-state index in [9.17, 15) is 8.76 Å². The summed E-state index contributed by atoms with van der Waals surface area (Å²) in [5, 5.41) is 0. The van der Waals surface area contributed by atoms with Crippen LogP contribution in [0.15, 0.2) is 35.7 Å². The SMILES string of the molecule is C=Cc1ccccc1S(=O)[O-].[NH4+]. The van der Waals surface area contributed by atoms with Gasteiger partial charge >= 0.3 is 0 Å². The lowest BCUT2D eigenvalue weighted by Crippen LogP contribution is -1.91. The molecule has 0 aromatic heterocycles. The van der Waals surface area contributed by atoms with E-state index in [0.717, 1.165) is 0 Å². The van der Waals surface area contributed by atoms with Crippen molar-refractivity contribution in [3.63, 3.8) is 0 Å². The molecule has 1 aromatic carbocycles. The third kappa shape index (κ3) is 2.27. The van der Waals surface area contributed by atoms with Crippen LogP contribution >= 0.6 is 0 Å². The summed E-state index contributed by atoms with van der Waals surface area (Å²) < 4.78 is 21.1. The zero-order valence-electron chi connectivity index (χ0n) is 6.82. The van der Waals surface area contributed by atoms with E-state index in [0.29, 0.717) is 10.5 Å². The maximum Gasteiger partial charge on any atom is 0.0320 e. The average Bonchev–Trinajstić information content (AvgIpc) is 2.04. The highest BCUT2D eigenvalue weighted by atomic mass is 32.2. The molecule has 12 heavy (non-hydrogen) atoms. The third-order valence-corrected chi connectivity index (χ3v) is 2.05. The van der Waals surface area contributed by atoms with Crippen molar-refractivity contribution >= 4 is 17.2 Å². The zero-order chi connectivity index (χ0) is 8.27. The molecule has 0 bridgehead atoms. The van der Waals surface area contributed by atoms with E-state index in [-0.39, 0.29) is 6.15 Å². The minimum Gasteiger partial charge on any atom is -0.768 e. The molecule has 1 aromatic rings. The monoisotopic (exact) mass is 185 g/mol. The molecule has 1 rings (SSSR count). The number of rotatable bonds is 2. The van der Waals surface area contributed by atoms with E-state index in [1.807, 2.05) is 0 Å². The van der Waals surface area contributed by atoms with Crippen molar-refractivity contribution in [2.24, 2.45) is 0 Å². The number of hydrogen-bond acceptors (Lipinski definition) is 2. The van der Waals surface area contributed by atoms with Gasteiger partial charge in [0.05, 0.1) is 0 Å². The maximum absolute atomic E-state index is 10.5. The molecular formula is C8H11NO2S. The summed E-state index contributed by atoms with van der Waals surface area (Å²) in [6.07, 6.45) is 1.52. The second kappa shape index (κ2) is 4.82. The van der Waals surface area contributed by atoms with Crippen LogP contribution in [0.25, 0.3) is 6.08 Å². The van der Waals surface area contributed by atoms with Crippen LogP contribution in [0.4, 0.5) is 0 Å². The molecule has 0 radical (unpaired) electrons. The molecule has 0 aliphatic heterocycles. The molecule has 1 atom stereocenters. The summed E-state index contributed by atoms with van der Waals surface area (Å²) in [5.41, 5.74) is 0.640. The van der Waals surface area contributed by atoms with Crippen LogP contribution in [-0.2, 0) is 11.1 Å². The molecule has 4 heteroatoms. The average molecular weight is 185 g/mol. The first-order chi connectivity index (χ1) is 5.25. The standard InChI is InChI=1S/C8H8O2S.H3N/c1-2-7-5-3-4-6-8(7)11(9)10;/h2-6H,1H2,(H,9,10);1H3. The lowest BCUT2D eigenvalue weighted by molar-refractivity contribution is 0.537. The van der Waals surface area contributed by atoms with Gasteiger partial charge in [0.2, 0.25) is 0 Å². The summed E-state index contributed by atoms with van der Waals surface area (Å²) >= 11 is -2.16. The molecule has 0 saturated carbocycles. The van der Waals surface area contributed by atoms with E-state index < -0.39 is 11.1 Å². The number of benzene rings is 1. The van der Waals surface area contributed by atoms with Gasteiger partial charge in [0.15, 0.2) is 0 Å². The molecule has 0 aliphatic rings. The Morgan fingerprint density at radius 3 is 2.42 bits per heavy atom. The van der Waals surface area contributed by atoms with Crippen molar-refractivity contribution < 1.29 is 8.76 Å². The molecule has 0 saturated heterocycles. The Balaban J connectivity index is 0.00000121. The van der Waals surface area contributed by atoms with Crippen molar-refractivity contribution in [2.45, 2.75) is 4.90 Å². The Morgan fingerprint density at radius 1 is 1.42 bits per heavy atom. The van der Waals surface area contributed by atoms with E-state index in [1.54, 1.807) is 24.3 Å². The first-order valence-electron chi connectivity index (χ1n) is 3.06. The summed E-state index contributed by atoms with van der Waals surface area (Å²) in [6, 6.07) is 6.70. The van der Waals surface area contributed by atoms with Gasteiger partial charge < -0.3 is 10.7 Å². The highest BCUT2D eigenvalue weighted by Gasteiger charge is 1.95. The molecule has 1 unspecified atom stereocenters. The summed E-state index contributed by atoms with van der Waals surface area (Å²) in [4.78, 5) is 0.294. The first-order valence-corrected chi connectivity index (χ1v) is 4.14. The fourth-order valence-electron chi connectivity index (χ4n) is 0.801. The quantitative estimate of drug-likeness (QED) is 0.715. The van der Waals surface area contributed by atoms with Crippen LogP contribution in [0.3, 0.4) is 0 Å². The van der Waals surface area contributed by atoms with Gasteiger partial charge in [-0.25, -0.2) is 0 Å². The Bertz CT molecular complexity index is 299. The van der Waals surface area contributed by atoms with Gasteiger partial charge in [-0.2, -0.15) is 0 Å². The van der Waals surface area contributed by atoms with Crippen molar-refractivity contribution in [1.29, 1.82) is 0 Å². The normalized spacial score (nSPS) is 11.4. The Labute approximate surface area is 74.0 Å². The molecule has 66 valence electrons. The lowest BCUT2D eigenvalue weighted by atomic mass is 10.2. The smallest absolute Gasteiger partial charge is 0.0320 e. The van der Waals surface area contributed by atoms with Gasteiger partial charge in [0.25, 0.3) is 0 Å². The summed E-state index contributed by atoms with van der Waals surface area (Å²) in [7, 11) is 0. The predicted molar refractivity (Wildman–Crippen MR) is 49.7 cm³/mol. The van der Waals surface area contributed by atoms with Crippen LogP contribution in [0.5, 0.6) is 0 Å². The second-order valence-corrected chi connectivity index (χ2v) is 2.89. The third-order valence-electron chi connectivity index (χ3n) is 1.32.